The molecule has 0 aliphatic heterocycles. The first kappa shape index (κ1) is 19.3. The standard InChI is InChI=1S/C25H23FN2S/c1-18(21-12-13-22(23(26)16-21)20-10-6-3-7-11-20)24-17-29-25(28-24)27-15-14-19-8-4-2-5-9-19/h2-13,16-18H,14-15H2,1H3,(H,27,28). The minimum absolute atomic E-state index is 0.0373. The quantitative estimate of drug-likeness (QED) is 0.369. The van der Waals surface area contributed by atoms with Crippen LogP contribution in [0.4, 0.5) is 9.52 Å². The second kappa shape index (κ2) is 9.01. The lowest BCUT2D eigenvalue weighted by Gasteiger charge is -2.11. The lowest BCUT2D eigenvalue weighted by Crippen LogP contribution is -2.05. The molecule has 2 nitrogen and oxygen atoms in total. The van der Waals surface area contributed by atoms with E-state index in [0.29, 0.717) is 5.56 Å². The zero-order chi connectivity index (χ0) is 20.1. The monoisotopic (exact) mass is 402 g/mol. The molecule has 4 aromatic rings. The first-order valence-electron chi connectivity index (χ1n) is 9.79. The van der Waals surface area contributed by atoms with Crippen molar-refractivity contribution < 1.29 is 4.39 Å². The van der Waals surface area contributed by atoms with Gasteiger partial charge in [0.25, 0.3) is 0 Å². The molecule has 0 aliphatic carbocycles. The highest BCUT2D eigenvalue weighted by Gasteiger charge is 2.15. The maximum absolute atomic E-state index is 14.7. The summed E-state index contributed by atoms with van der Waals surface area (Å²) >= 11 is 1.60. The van der Waals surface area contributed by atoms with Gasteiger partial charge in [-0.3, -0.25) is 0 Å². The van der Waals surface area contributed by atoms with Crippen LogP contribution in [0.15, 0.2) is 84.2 Å². The molecule has 0 radical (unpaired) electrons. The maximum atomic E-state index is 14.7. The van der Waals surface area contributed by atoms with Crippen LogP contribution in [-0.2, 0) is 6.42 Å². The van der Waals surface area contributed by atoms with Crippen LogP contribution in [0.2, 0.25) is 0 Å². The first-order valence-corrected chi connectivity index (χ1v) is 10.7. The summed E-state index contributed by atoms with van der Waals surface area (Å²) in [6.45, 7) is 2.91. The number of hydrogen-bond donors (Lipinski definition) is 1. The molecule has 0 saturated carbocycles. The Balaban J connectivity index is 1.42. The van der Waals surface area contributed by atoms with Gasteiger partial charge in [0.2, 0.25) is 0 Å². The number of nitrogens with zero attached hydrogens (tertiary/aromatic N) is 1. The Morgan fingerprint density at radius 3 is 2.41 bits per heavy atom. The van der Waals surface area contributed by atoms with Crippen LogP contribution in [0.1, 0.15) is 29.7 Å². The number of hydrogen-bond acceptors (Lipinski definition) is 3. The van der Waals surface area contributed by atoms with Gasteiger partial charge in [0, 0.05) is 23.4 Å². The van der Waals surface area contributed by atoms with Gasteiger partial charge in [-0.05, 0) is 29.2 Å². The molecule has 4 heteroatoms. The molecule has 0 aliphatic rings. The van der Waals surface area contributed by atoms with Gasteiger partial charge in [-0.1, -0.05) is 79.7 Å². The molecule has 0 fully saturated rings. The van der Waals surface area contributed by atoms with Crippen LogP contribution >= 0.6 is 11.3 Å². The summed E-state index contributed by atoms with van der Waals surface area (Å²) < 4.78 is 14.7. The van der Waals surface area contributed by atoms with E-state index in [1.54, 1.807) is 17.4 Å². The Hall–Kier alpha value is -2.98. The van der Waals surface area contributed by atoms with Crippen molar-refractivity contribution in [3.05, 3.63) is 107 Å². The minimum Gasteiger partial charge on any atom is -0.361 e. The van der Waals surface area contributed by atoms with E-state index in [9.17, 15) is 4.39 Å². The van der Waals surface area contributed by atoms with Gasteiger partial charge < -0.3 is 5.32 Å². The Morgan fingerprint density at radius 1 is 0.966 bits per heavy atom. The van der Waals surface area contributed by atoms with E-state index in [2.05, 4.69) is 41.9 Å². The fourth-order valence-corrected chi connectivity index (χ4v) is 4.18. The molecule has 1 heterocycles. The van der Waals surface area contributed by atoms with Gasteiger partial charge in [-0.25, -0.2) is 9.37 Å². The highest BCUT2D eigenvalue weighted by Crippen LogP contribution is 2.31. The molecule has 0 saturated heterocycles. The molecule has 1 atom stereocenters. The van der Waals surface area contributed by atoms with Crippen LogP contribution in [0.3, 0.4) is 0 Å². The molecule has 1 aromatic heterocycles. The summed E-state index contributed by atoms with van der Waals surface area (Å²) in [6.07, 6.45) is 0.956. The molecule has 1 N–H and O–H groups in total. The molecule has 0 bridgehead atoms. The maximum Gasteiger partial charge on any atom is 0.182 e. The van der Waals surface area contributed by atoms with E-state index in [4.69, 9.17) is 4.98 Å². The van der Waals surface area contributed by atoms with Crippen LogP contribution in [0, 0.1) is 5.82 Å². The van der Waals surface area contributed by atoms with Crippen LogP contribution in [0.25, 0.3) is 11.1 Å². The summed E-state index contributed by atoms with van der Waals surface area (Å²) in [5, 5.41) is 6.36. The SMILES string of the molecule is CC(c1ccc(-c2ccccc2)c(F)c1)c1csc(NCCc2ccccc2)n1. The summed E-state index contributed by atoms with van der Waals surface area (Å²) in [4.78, 5) is 4.71. The van der Waals surface area contributed by atoms with Crippen molar-refractivity contribution in [2.75, 3.05) is 11.9 Å². The third kappa shape index (κ3) is 4.72. The van der Waals surface area contributed by atoms with Crippen molar-refractivity contribution in [1.82, 2.24) is 4.98 Å². The molecular formula is C25H23FN2S. The fraction of sp³-hybridized carbons (Fsp3) is 0.160. The molecule has 146 valence electrons. The normalized spacial score (nSPS) is 11.9. The van der Waals surface area contributed by atoms with Crippen molar-refractivity contribution >= 4 is 16.5 Å². The number of halogens is 1. The molecule has 29 heavy (non-hydrogen) atoms. The average Bonchev–Trinajstić information content (AvgIpc) is 3.23. The molecule has 0 amide bonds. The fourth-order valence-electron chi connectivity index (χ4n) is 3.35. The van der Waals surface area contributed by atoms with Gasteiger partial charge >= 0.3 is 0 Å². The van der Waals surface area contributed by atoms with E-state index in [-0.39, 0.29) is 11.7 Å². The molecular weight excluding hydrogens is 379 g/mol. The molecule has 4 rings (SSSR count). The topological polar surface area (TPSA) is 24.9 Å². The number of rotatable bonds is 7. The summed E-state index contributed by atoms with van der Waals surface area (Å²) in [6, 6.07) is 25.5. The van der Waals surface area contributed by atoms with Crippen molar-refractivity contribution in [3.8, 4) is 11.1 Å². The minimum atomic E-state index is -0.197. The highest BCUT2D eigenvalue weighted by molar-refractivity contribution is 7.13. The van der Waals surface area contributed by atoms with E-state index in [0.717, 1.165) is 34.9 Å². The molecule has 1 unspecified atom stereocenters. The van der Waals surface area contributed by atoms with Crippen molar-refractivity contribution in [2.24, 2.45) is 0 Å². The molecule has 3 aromatic carbocycles. The van der Waals surface area contributed by atoms with Crippen molar-refractivity contribution in [2.45, 2.75) is 19.3 Å². The smallest absolute Gasteiger partial charge is 0.182 e. The van der Waals surface area contributed by atoms with Gasteiger partial charge in [-0.15, -0.1) is 11.3 Å². The summed E-state index contributed by atoms with van der Waals surface area (Å²) in [5.74, 6) is -0.160. The van der Waals surface area contributed by atoms with Crippen LogP contribution in [0.5, 0.6) is 0 Å². The lowest BCUT2D eigenvalue weighted by molar-refractivity contribution is 0.627. The van der Waals surface area contributed by atoms with Gasteiger partial charge in [0.1, 0.15) is 5.82 Å². The highest BCUT2D eigenvalue weighted by atomic mass is 32.1. The van der Waals surface area contributed by atoms with E-state index in [1.807, 2.05) is 48.5 Å². The van der Waals surface area contributed by atoms with Crippen molar-refractivity contribution in [1.29, 1.82) is 0 Å². The van der Waals surface area contributed by atoms with Crippen LogP contribution in [-0.4, -0.2) is 11.5 Å². The second-order valence-corrected chi connectivity index (χ2v) is 7.92. The lowest BCUT2D eigenvalue weighted by atomic mass is 9.95. The van der Waals surface area contributed by atoms with Gasteiger partial charge in [-0.2, -0.15) is 0 Å². The van der Waals surface area contributed by atoms with E-state index >= 15 is 0 Å². The molecule has 0 spiro atoms. The Morgan fingerprint density at radius 2 is 1.69 bits per heavy atom. The van der Waals surface area contributed by atoms with Gasteiger partial charge in [0.05, 0.1) is 5.69 Å². The van der Waals surface area contributed by atoms with Gasteiger partial charge in [0.15, 0.2) is 5.13 Å². The number of aromatic nitrogens is 1. The number of thiazole rings is 1. The van der Waals surface area contributed by atoms with E-state index in [1.165, 1.54) is 5.56 Å². The zero-order valence-electron chi connectivity index (χ0n) is 16.3. The summed E-state index contributed by atoms with van der Waals surface area (Å²) in [7, 11) is 0. The summed E-state index contributed by atoms with van der Waals surface area (Å²) in [5.41, 5.74) is 4.72. The largest absolute Gasteiger partial charge is 0.361 e. The number of anilines is 1. The second-order valence-electron chi connectivity index (χ2n) is 7.07. The van der Waals surface area contributed by atoms with Crippen LogP contribution < -0.4 is 5.32 Å². The van der Waals surface area contributed by atoms with E-state index < -0.39 is 0 Å². The third-order valence-electron chi connectivity index (χ3n) is 5.08. The predicted octanol–water partition coefficient (Wildman–Crippen LogP) is 6.76. The third-order valence-corrected chi connectivity index (χ3v) is 5.89. The Labute approximate surface area is 175 Å². The average molecular weight is 403 g/mol. The predicted molar refractivity (Wildman–Crippen MR) is 120 cm³/mol. The number of nitrogens with one attached hydrogen (secondary N) is 1. The zero-order valence-corrected chi connectivity index (χ0v) is 17.1. The Kier molecular flexibility index (Phi) is 6.01. The Bertz CT molecular complexity index is 1060. The van der Waals surface area contributed by atoms with Crippen molar-refractivity contribution in [3.63, 3.8) is 0 Å². The first-order chi connectivity index (χ1) is 14.2. The number of benzene rings is 3.